The summed E-state index contributed by atoms with van der Waals surface area (Å²) in [7, 11) is -1.98. The summed E-state index contributed by atoms with van der Waals surface area (Å²) in [5, 5.41) is 0. The van der Waals surface area contributed by atoms with Crippen LogP contribution in [0.2, 0.25) is 0 Å². The molecule has 0 aromatic heterocycles. The van der Waals surface area contributed by atoms with E-state index >= 15 is 0 Å². The molecule has 1 rings (SSSR count). The van der Waals surface area contributed by atoms with Gasteiger partial charge in [-0.25, -0.2) is 8.42 Å². The van der Waals surface area contributed by atoms with Crippen molar-refractivity contribution in [3.8, 4) is 0 Å². The van der Waals surface area contributed by atoms with E-state index in [0.717, 1.165) is 12.1 Å². The van der Waals surface area contributed by atoms with Crippen LogP contribution in [0.5, 0.6) is 0 Å². The molecular weight excluding hydrogens is 307 g/mol. The van der Waals surface area contributed by atoms with Gasteiger partial charge in [0, 0.05) is 19.8 Å². The fourth-order valence-electron chi connectivity index (χ4n) is 1.82. The predicted octanol–water partition coefficient (Wildman–Crippen LogP) is 2.16. The summed E-state index contributed by atoms with van der Waals surface area (Å²) in [6.45, 7) is 0.304. The summed E-state index contributed by atoms with van der Waals surface area (Å²) in [5.74, 6) is -0.495. The molecule has 2 N–H and O–H groups in total. The van der Waals surface area contributed by atoms with Crippen LogP contribution in [-0.2, 0) is 20.8 Å². The van der Waals surface area contributed by atoms with Crippen molar-refractivity contribution in [2.24, 2.45) is 5.73 Å². The molecule has 0 aliphatic rings. The number of hydrogen-bond donors (Lipinski definition) is 1. The molecule has 0 heterocycles. The molecule has 0 bridgehead atoms. The zero-order chi connectivity index (χ0) is 16.1. The van der Waals surface area contributed by atoms with Gasteiger partial charge in [0.25, 0.3) is 0 Å². The van der Waals surface area contributed by atoms with Gasteiger partial charge in [0.1, 0.15) is 0 Å². The highest BCUT2D eigenvalue weighted by atomic mass is 32.2. The quantitative estimate of drug-likeness (QED) is 0.780. The Hall–Kier alpha value is -1.12. The molecule has 21 heavy (non-hydrogen) atoms. The molecule has 0 spiro atoms. The average molecular weight is 325 g/mol. The number of rotatable bonds is 7. The summed E-state index contributed by atoms with van der Waals surface area (Å²) >= 11 is 0. The minimum Gasteiger partial charge on any atom is -0.385 e. The maximum atomic E-state index is 12.6. The molecule has 0 radical (unpaired) electrons. The van der Waals surface area contributed by atoms with Gasteiger partial charge in [-0.3, -0.25) is 0 Å². The van der Waals surface area contributed by atoms with Gasteiger partial charge in [-0.15, -0.1) is 0 Å². The zero-order valence-corrected chi connectivity index (χ0v) is 12.4. The predicted molar refractivity (Wildman–Crippen MR) is 73.5 cm³/mol. The Morgan fingerprint density at radius 3 is 2.57 bits per heavy atom. The first-order chi connectivity index (χ1) is 9.65. The molecule has 0 aliphatic heterocycles. The number of methoxy groups -OCH3 is 1. The number of alkyl halides is 3. The molecule has 1 aromatic carbocycles. The van der Waals surface area contributed by atoms with E-state index in [1.807, 2.05) is 0 Å². The number of sulfone groups is 1. The van der Waals surface area contributed by atoms with E-state index < -0.39 is 33.4 Å². The fraction of sp³-hybridized carbons (Fsp3) is 0.538. The molecule has 120 valence electrons. The first kappa shape index (κ1) is 17.9. The number of hydrogen-bond acceptors (Lipinski definition) is 4. The minimum absolute atomic E-state index is 0.104. The smallest absolute Gasteiger partial charge is 0.385 e. The van der Waals surface area contributed by atoms with E-state index in [1.165, 1.54) is 19.2 Å². The summed E-state index contributed by atoms with van der Waals surface area (Å²) in [6.07, 6.45) is -4.15. The topological polar surface area (TPSA) is 69.4 Å². The Morgan fingerprint density at radius 1 is 1.33 bits per heavy atom. The Balaban J connectivity index is 2.78. The standard InChI is InChI=1S/C13H18F3NO3S/c1-20-6-3-7-21(18,19)9-12(17)10-4-2-5-11(8-10)13(14,15)16/h2,4-5,8,12H,3,6-7,9,17H2,1H3. The van der Waals surface area contributed by atoms with Crippen molar-refractivity contribution in [2.75, 3.05) is 25.2 Å². The molecular formula is C13H18F3NO3S. The second-order valence-electron chi connectivity index (χ2n) is 4.69. The van der Waals surface area contributed by atoms with Gasteiger partial charge in [0.05, 0.1) is 17.1 Å². The fourth-order valence-corrected chi connectivity index (χ4v) is 3.29. The van der Waals surface area contributed by atoms with Crippen LogP contribution in [0.4, 0.5) is 13.2 Å². The van der Waals surface area contributed by atoms with Crippen LogP contribution in [0.1, 0.15) is 23.6 Å². The molecule has 1 aromatic rings. The third kappa shape index (κ3) is 6.03. The van der Waals surface area contributed by atoms with Crippen molar-refractivity contribution >= 4 is 9.84 Å². The Bertz CT molecular complexity index is 558. The molecule has 0 aliphatic carbocycles. The SMILES string of the molecule is COCCCS(=O)(=O)CC(N)c1cccc(C(F)(F)F)c1. The van der Waals surface area contributed by atoms with Crippen molar-refractivity contribution < 1.29 is 26.3 Å². The van der Waals surface area contributed by atoms with Gasteiger partial charge in [0.2, 0.25) is 0 Å². The highest BCUT2D eigenvalue weighted by Crippen LogP contribution is 2.30. The lowest BCUT2D eigenvalue weighted by Gasteiger charge is -2.15. The van der Waals surface area contributed by atoms with Crippen molar-refractivity contribution in [3.63, 3.8) is 0 Å². The monoisotopic (exact) mass is 325 g/mol. The van der Waals surface area contributed by atoms with Gasteiger partial charge in [0.15, 0.2) is 9.84 Å². The van der Waals surface area contributed by atoms with E-state index in [4.69, 9.17) is 10.5 Å². The minimum atomic E-state index is -4.48. The number of benzene rings is 1. The first-order valence-corrected chi connectivity index (χ1v) is 8.10. The lowest BCUT2D eigenvalue weighted by molar-refractivity contribution is -0.137. The summed E-state index contributed by atoms with van der Waals surface area (Å²) < 4.78 is 66.2. The molecule has 0 saturated carbocycles. The van der Waals surface area contributed by atoms with E-state index in [9.17, 15) is 21.6 Å². The molecule has 4 nitrogen and oxygen atoms in total. The molecule has 0 fully saturated rings. The molecule has 0 amide bonds. The third-order valence-corrected chi connectivity index (χ3v) is 4.66. The average Bonchev–Trinajstić information content (AvgIpc) is 2.37. The highest BCUT2D eigenvalue weighted by Gasteiger charge is 2.31. The third-order valence-electron chi connectivity index (χ3n) is 2.88. The van der Waals surface area contributed by atoms with E-state index in [0.29, 0.717) is 13.0 Å². The first-order valence-electron chi connectivity index (χ1n) is 6.28. The van der Waals surface area contributed by atoms with E-state index in [1.54, 1.807) is 0 Å². The number of halogens is 3. The van der Waals surface area contributed by atoms with Crippen molar-refractivity contribution in [3.05, 3.63) is 35.4 Å². The summed E-state index contributed by atoms with van der Waals surface area (Å²) in [6, 6.07) is 3.43. The van der Waals surface area contributed by atoms with Crippen LogP contribution < -0.4 is 5.73 Å². The Kier molecular flexibility index (Phi) is 6.18. The van der Waals surface area contributed by atoms with Gasteiger partial charge in [-0.2, -0.15) is 13.2 Å². The van der Waals surface area contributed by atoms with Gasteiger partial charge in [-0.1, -0.05) is 12.1 Å². The normalized spacial score (nSPS) is 14.1. The van der Waals surface area contributed by atoms with Crippen LogP contribution in [0, 0.1) is 0 Å². The number of ether oxygens (including phenoxy) is 1. The van der Waals surface area contributed by atoms with Crippen LogP contribution in [0.15, 0.2) is 24.3 Å². The van der Waals surface area contributed by atoms with Gasteiger partial charge >= 0.3 is 6.18 Å². The lowest BCUT2D eigenvalue weighted by Crippen LogP contribution is -2.24. The second kappa shape index (κ2) is 7.24. The van der Waals surface area contributed by atoms with E-state index in [-0.39, 0.29) is 11.3 Å². The maximum Gasteiger partial charge on any atom is 0.416 e. The van der Waals surface area contributed by atoms with Gasteiger partial charge < -0.3 is 10.5 Å². The molecule has 1 atom stereocenters. The largest absolute Gasteiger partial charge is 0.416 e. The highest BCUT2D eigenvalue weighted by molar-refractivity contribution is 7.91. The van der Waals surface area contributed by atoms with Crippen LogP contribution in [-0.4, -0.2) is 33.6 Å². The second-order valence-corrected chi connectivity index (χ2v) is 6.92. The van der Waals surface area contributed by atoms with Crippen molar-refractivity contribution in [1.29, 1.82) is 0 Å². The number of nitrogens with two attached hydrogens (primary N) is 1. The zero-order valence-electron chi connectivity index (χ0n) is 11.6. The Labute approximate surface area is 122 Å². The van der Waals surface area contributed by atoms with Crippen molar-refractivity contribution in [1.82, 2.24) is 0 Å². The maximum absolute atomic E-state index is 12.6. The summed E-state index contributed by atoms with van der Waals surface area (Å²) in [5.41, 5.74) is 5.03. The van der Waals surface area contributed by atoms with Crippen LogP contribution in [0.3, 0.4) is 0 Å². The lowest BCUT2D eigenvalue weighted by atomic mass is 10.1. The molecule has 8 heteroatoms. The summed E-state index contributed by atoms with van der Waals surface area (Å²) in [4.78, 5) is 0. The molecule has 1 unspecified atom stereocenters. The van der Waals surface area contributed by atoms with E-state index in [2.05, 4.69) is 0 Å². The van der Waals surface area contributed by atoms with Crippen LogP contribution in [0.25, 0.3) is 0 Å². The molecule has 0 saturated heterocycles. The van der Waals surface area contributed by atoms with Crippen LogP contribution >= 0.6 is 0 Å². The van der Waals surface area contributed by atoms with Crippen molar-refractivity contribution in [2.45, 2.75) is 18.6 Å². The Morgan fingerprint density at radius 2 is 2.00 bits per heavy atom. The van der Waals surface area contributed by atoms with Gasteiger partial charge in [-0.05, 0) is 24.1 Å².